The van der Waals surface area contributed by atoms with Gasteiger partial charge < -0.3 is 9.47 Å². The van der Waals surface area contributed by atoms with Crippen molar-refractivity contribution in [2.24, 2.45) is 0 Å². The zero-order chi connectivity index (χ0) is 7.40. The average molecular weight is 368 g/mol. The molecule has 0 amide bonds. The van der Waals surface area contributed by atoms with Gasteiger partial charge in [-0.25, -0.2) is 0 Å². The first kappa shape index (κ1) is 9.47. The van der Waals surface area contributed by atoms with Crippen LogP contribution in [0.5, 0.6) is 0 Å². The van der Waals surface area contributed by atoms with Crippen molar-refractivity contribution in [2.45, 2.75) is 12.2 Å². The van der Waals surface area contributed by atoms with Crippen molar-refractivity contribution in [3.05, 3.63) is 0 Å². The molecule has 0 aromatic rings. The maximum absolute atomic E-state index is 5.64. The minimum atomic E-state index is 0.328. The molecule has 1 aliphatic rings. The molecule has 0 aliphatic carbocycles. The number of hydrogen-bond acceptors (Lipinski definition) is 2. The third-order valence-corrected chi connectivity index (χ3v) is 3.30. The van der Waals surface area contributed by atoms with Gasteiger partial charge in [0.05, 0.1) is 25.4 Å². The van der Waals surface area contributed by atoms with E-state index in [1.807, 2.05) is 0 Å². The zero-order valence-electron chi connectivity index (χ0n) is 5.56. The Kier molecular flexibility index (Phi) is 4.83. The Hall–Kier alpha value is 1.38. The summed E-state index contributed by atoms with van der Waals surface area (Å²) in [7, 11) is 0. The van der Waals surface area contributed by atoms with Gasteiger partial charge >= 0.3 is 0 Å². The summed E-state index contributed by atoms with van der Waals surface area (Å²) in [6.45, 7) is 1.55. The predicted octanol–water partition coefficient (Wildman–Crippen LogP) is 1.64. The minimum Gasteiger partial charge on any atom is -0.376 e. The fraction of sp³-hybridized carbons (Fsp3) is 1.00. The second-order valence-electron chi connectivity index (χ2n) is 2.23. The molecule has 60 valence electrons. The Bertz CT molecular complexity index is 89.7. The summed E-state index contributed by atoms with van der Waals surface area (Å²) in [5.41, 5.74) is 0. The van der Waals surface area contributed by atoms with E-state index in [0.717, 1.165) is 22.1 Å². The van der Waals surface area contributed by atoms with Gasteiger partial charge in [-0.1, -0.05) is 45.2 Å². The van der Waals surface area contributed by atoms with Crippen molar-refractivity contribution in [1.82, 2.24) is 0 Å². The van der Waals surface area contributed by atoms with Crippen LogP contribution in [-0.4, -0.2) is 34.3 Å². The van der Waals surface area contributed by atoms with Crippen molar-refractivity contribution < 1.29 is 9.47 Å². The molecule has 2 nitrogen and oxygen atoms in total. The van der Waals surface area contributed by atoms with Crippen molar-refractivity contribution in [1.29, 1.82) is 0 Å². The number of ether oxygens (including phenoxy) is 2. The summed E-state index contributed by atoms with van der Waals surface area (Å²) in [5.74, 6) is 0. The summed E-state index contributed by atoms with van der Waals surface area (Å²) < 4.78 is 13.1. The van der Waals surface area contributed by atoms with E-state index in [2.05, 4.69) is 45.2 Å². The number of rotatable bonds is 2. The topological polar surface area (TPSA) is 18.5 Å². The van der Waals surface area contributed by atoms with E-state index in [-0.39, 0.29) is 0 Å². The fourth-order valence-corrected chi connectivity index (χ4v) is 1.77. The van der Waals surface area contributed by atoms with Crippen molar-refractivity contribution in [3.8, 4) is 0 Å². The van der Waals surface area contributed by atoms with Gasteiger partial charge in [-0.05, 0) is 0 Å². The molecule has 2 atom stereocenters. The molecule has 0 unspecified atom stereocenters. The first-order valence-electron chi connectivity index (χ1n) is 3.22. The molecular weight excluding hydrogens is 358 g/mol. The van der Waals surface area contributed by atoms with Gasteiger partial charge in [0, 0.05) is 8.86 Å². The van der Waals surface area contributed by atoms with E-state index in [1.165, 1.54) is 0 Å². The smallest absolute Gasteiger partial charge is 0.0902 e. The average Bonchev–Trinajstić information content (AvgIpc) is 2.05. The Morgan fingerprint density at radius 2 is 1.60 bits per heavy atom. The first-order valence-corrected chi connectivity index (χ1v) is 6.27. The molecule has 0 saturated carbocycles. The summed E-state index contributed by atoms with van der Waals surface area (Å²) >= 11 is 4.65. The molecule has 4 heteroatoms. The second kappa shape index (κ2) is 5.10. The summed E-state index contributed by atoms with van der Waals surface area (Å²) in [6.07, 6.45) is 0.656. The van der Waals surface area contributed by atoms with Gasteiger partial charge in [0.15, 0.2) is 0 Å². The van der Waals surface area contributed by atoms with E-state index in [0.29, 0.717) is 12.2 Å². The lowest BCUT2D eigenvalue weighted by molar-refractivity contribution is -0.117. The third-order valence-electron chi connectivity index (χ3n) is 1.34. The normalized spacial score (nSPS) is 34.2. The SMILES string of the molecule is IC[C@@H]1COC[C@H](CI)O1. The lowest BCUT2D eigenvalue weighted by Crippen LogP contribution is -2.37. The van der Waals surface area contributed by atoms with E-state index in [4.69, 9.17) is 9.47 Å². The molecule has 0 N–H and O–H groups in total. The van der Waals surface area contributed by atoms with Crippen LogP contribution < -0.4 is 0 Å². The molecule has 0 aromatic carbocycles. The Labute approximate surface area is 88.3 Å². The molecule has 1 heterocycles. The molecule has 1 saturated heterocycles. The van der Waals surface area contributed by atoms with Crippen LogP contribution in [0.15, 0.2) is 0 Å². The number of hydrogen-bond donors (Lipinski definition) is 0. The van der Waals surface area contributed by atoms with E-state index >= 15 is 0 Å². The van der Waals surface area contributed by atoms with Crippen LogP contribution in [0.1, 0.15) is 0 Å². The van der Waals surface area contributed by atoms with Crippen LogP contribution in [0.2, 0.25) is 0 Å². The van der Waals surface area contributed by atoms with Crippen LogP contribution in [0, 0.1) is 0 Å². The molecule has 0 aromatic heterocycles. The summed E-state index contributed by atoms with van der Waals surface area (Å²) in [4.78, 5) is 0. The molecular formula is C6H10I2O2. The molecule has 0 bridgehead atoms. The Morgan fingerprint density at radius 1 is 1.10 bits per heavy atom. The van der Waals surface area contributed by atoms with Crippen molar-refractivity contribution in [3.63, 3.8) is 0 Å². The summed E-state index contributed by atoms with van der Waals surface area (Å²) in [5, 5.41) is 0. The maximum atomic E-state index is 5.64. The van der Waals surface area contributed by atoms with Crippen LogP contribution in [0.25, 0.3) is 0 Å². The van der Waals surface area contributed by atoms with Crippen LogP contribution in [0.4, 0.5) is 0 Å². The van der Waals surface area contributed by atoms with Gasteiger partial charge in [-0.2, -0.15) is 0 Å². The first-order chi connectivity index (χ1) is 4.86. The van der Waals surface area contributed by atoms with Gasteiger partial charge in [0.1, 0.15) is 0 Å². The molecule has 10 heavy (non-hydrogen) atoms. The largest absolute Gasteiger partial charge is 0.376 e. The molecule has 1 aliphatic heterocycles. The van der Waals surface area contributed by atoms with Crippen LogP contribution in [-0.2, 0) is 9.47 Å². The lowest BCUT2D eigenvalue weighted by Gasteiger charge is -2.27. The quantitative estimate of drug-likeness (QED) is 0.545. The number of alkyl halides is 2. The van der Waals surface area contributed by atoms with E-state index in [1.54, 1.807) is 0 Å². The molecule has 1 rings (SSSR count). The molecule has 1 fully saturated rings. The highest BCUT2D eigenvalue weighted by Crippen LogP contribution is 2.11. The Balaban J connectivity index is 2.25. The minimum absolute atomic E-state index is 0.328. The highest BCUT2D eigenvalue weighted by atomic mass is 127. The van der Waals surface area contributed by atoms with Crippen molar-refractivity contribution >= 4 is 45.2 Å². The van der Waals surface area contributed by atoms with Gasteiger partial charge in [0.25, 0.3) is 0 Å². The van der Waals surface area contributed by atoms with E-state index < -0.39 is 0 Å². The van der Waals surface area contributed by atoms with Crippen LogP contribution in [0.3, 0.4) is 0 Å². The monoisotopic (exact) mass is 368 g/mol. The standard InChI is InChI=1S/C6H10I2O2/c7-1-5-3-9-4-6(2-8)10-5/h5-6H,1-4H2/t5-,6+. The fourth-order valence-electron chi connectivity index (χ4n) is 0.843. The highest BCUT2D eigenvalue weighted by Gasteiger charge is 2.20. The Morgan fingerprint density at radius 3 is 2.00 bits per heavy atom. The van der Waals surface area contributed by atoms with Gasteiger partial charge in [-0.3, -0.25) is 0 Å². The predicted molar refractivity (Wildman–Crippen MR) is 57.3 cm³/mol. The van der Waals surface area contributed by atoms with Gasteiger partial charge in [0.2, 0.25) is 0 Å². The lowest BCUT2D eigenvalue weighted by atomic mass is 10.3. The van der Waals surface area contributed by atoms with Crippen LogP contribution >= 0.6 is 45.2 Å². The maximum Gasteiger partial charge on any atom is 0.0902 e. The second-order valence-corrected chi connectivity index (χ2v) is 3.99. The molecule has 0 spiro atoms. The third kappa shape index (κ3) is 2.78. The van der Waals surface area contributed by atoms with E-state index in [9.17, 15) is 0 Å². The number of halogens is 2. The van der Waals surface area contributed by atoms with Gasteiger partial charge in [-0.15, -0.1) is 0 Å². The highest BCUT2D eigenvalue weighted by molar-refractivity contribution is 14.1. The van der Waals surface area contributed by atoms with Crippen molar-refractivity contribution in [2.75, 3.05) is 22.1 Å². The molecule has 0 radical (unpaired) electrons. The summed E-state index contributed by atoms with van der Waals surface area (Å²) in [6, 6.07) is 0. The zero-order valence-corrected chi connectivity index (χ0v) is 9.87.